The molecule has 0 heterocycles. The Hall–Kier alpha value is -3.40. The van der Waals surface area contributed by atoms with Gasteiger partial charge in [-0.3, -0.25) is 4.79 Å². The van der Waals surface area contributed by atoms with Gasteiger partial charge in [-0.05, 0) is 37.1 Å². The summed E-state index contributed by atoms with van der Waals surface area (Å²) in [6, 6.07) is 27.0. The summed E-state index contributed by atoms with van der Waals surface area (Å²) in [7, 11) is 0. The Balaban J connectivity index is 1.79. The van der Waals surface area contributed by atoms with Gasteiger partial charge < -0.3 is 4.74 Å². The number of rotatable bonds is 7. The number of nitrogens with one attached hydrogen (secondary N) is 1. The second kappa shape index (κ2) is 9.51. The average molecular weight is 372 g/mol. The Bertz CT molecular complexity index is 882. The van der Waals surface area contributed by atoms with Crippen molar-refractivity contribution in [3.8, 4) is 5.75 Å². The quantitative estimate of drug-likeness (QED) is 0.480. The lowest BCUT2D eigenvalue weighted by molar-refractivity contribution is -0.121. The summed E-state index contributed by atoms with van der Waals surface area (Å²) >= 11 is 0. The van der Waals surface area contributed by atoms with E-state index >= 15 is 0 Å². The number of carbonyl (C=O) groups excluding carboxylic acids is 1. The van der Waals surface area contributed by atoms with Crippen LogP contribution >= 0.6 is 0 Å². The molecule has 0 saturated carbocycles. The van der Waals surface area contributed by atoms with Gasteiger partial charge in [0.25, 0.3) is 5.91 Å². The first-order valence-electron chi connectivity index (χ1n) is 9.33. The predicted molar refractivity (Wildman–Crippen MR) is 113 cm³/mol. The number of carbonyl (C=O) groups is 1. The summed E-state index contributed by atoms with van der Waals surface area (Å²) in [6.45, 7) is 3.94. The molecule has 4 nitrogen and oxygen atoms in total. The molecule has 0 bridgehead atoms. The van der Waals surface area contributed by atoms with Gasteiger partial charge in [0.05, 0.1) is 18.2 Å². The van der Waals surface area contributed by atoms with Crippen LogP contribution in [0.3, 0.4) is 0 Å². The first-order chi connectivity index (χ1) is 13.6. The Morgan fingerprint density at radius 2 is 1.39 bits per heavy atom. The predicted octanol–water partition coefficient (Wildman–Crippen LogP) is 4.76. The molecular formula is C24H24N2O2. The van der Waals surface area contributed by atoms with E-state index in [-0.39, 0.29) is 12.0 Å². The standard InChI is InChI=1S/C24H24N2O2/c1-18(2)28-22-16-10-9-15-21(22)17-25-26-24(27)23(19-11-5-3-6-12-19)20-13-7-4-8-14-20/h3-18,23H,1-2H3,(H,26,27)/b25-17+. The van der Waals surface area contributed by atoms with Crippen LogP contribution in [0.2, 0.25) is 0 Å². The van der Waals surface area contributed by atoms with Crippen LogP contribution in [0.1, 0.15) is 36.5 Å². The summed E-state index contributed by atoms with van der Waals surface area (Å²) in [5.41, 5.74) is 5.34. The fourth-order valence-corrected chi connectivity index (χ4v) is 2.96. The smallest absolute Gasteiger partial charge is 0.252 e. The van der Waals surface area contributed by atoms with Gasteiger partial charge in [0.2, 0.25) is 0 Å². The van der Waals surface area contributed by atoms with E-state index in [1.54, 1.807) is 6.21 Å². The fourth-order valence-electron chi connectivity index (χ4n) is 2.96. The zero-order valence-electron chi connectivity index (χ0n) is 16.1. The van der Waals surface area contributed by atoms with E-state index < -0.39 is 5.92 Å². The Kier molecular flexibility index (Phi) is 6.58. The van der Waals surface area contributed by atoms with Crippen molar-refractivity contribution >= 4 is 12.1 Å². The Labute approximate surface area is 165 Å². The topological polar surface area (TPSA) is 50.7 Å². The third-order valence-corrected chi connectivity index (χ3v) is 4.19. The van der Waals surface area contributed by atoms with Crippen molar-refractivity contribution in [2.75, 3.05) is 0 Å². The molecule has 0 aliphatic carbocycles. The van der Waals surface area contributed by atoms with Crippen molar-refractivity contribution in [3.63, 3.8) is 0 Å². The lowest BCUT2D eigenvalue weighted by Gasteiger charge is -2.16. The molecule has 0 saturated heterocycles. The van der Waals surface area contributed by atoms with Crippen LogP contribution in [0.25, 0.3) is 0 Å². The fraction of sp³-hybridized carbons (Fsp3) is 0.167. The van der Waals surface area contributed by atoms with Crippen molar-refractivity contribution in [2.45, 2.75) is 25.9 Å². The average Bonchev–Trinajstić information content (AvgIpc) is 2.71. The van der Waals surface area contributed by atoms with Crippen molar-refractivity contribution in [1.29, 1.82) is 0 Å². The normalized spacial score (nSPS) is 11.1. The summed E-state index contributed by atoms with van der Waals surface area (Å²) in [6.07, 6.45) is 1.67. The van der Waals surface area contributed by atoms with E-state index in [9.17, 15) is 4.79 Å². The maximum absolute atomic E-state index is 12.9. The zero-order valence-corrected chi connectivity index (χ0v) is 16.1. The molecule has 1 N–H and O–H groups in total. The lowest BCUT2D eigenvalue weighted by Crippen LogP contribution is -2.26. The van der Waals surface area contributed by atoms with Gasteiger partial charge >= 0.3 is 0 Å². The van der Waals surface area contributed by atoms with Crippen molar-refractivity contribution in [2.24, 2.45) is 5.10 Å². The van der Waals surface area contributed by atoms with Crippen LogP contribution < -0.4 is 10.2 Å². The van der Waals surface area contributed by atoms with Gasteiger partial charge in [0.15, 0.2) is 0 Å². The molecule has 3 aromatic carbocycles. The summed E-state index contributed by atoms with van der Waals surface area (Å²) in [5.74, 6) is 0.121. The summed E-state index contributed by atoms with van der Waals surface area (Å²) in [4.78, 5) is 12.9. The molecule has 0 aromatic heterocycles. The van der Waals surface area contributed by atoms with Crippen LogP contribution in [-0.4, -0.2) is 18.2 Å². The second-order valence-electron chi connectivity index (χ2n) is 6.69. The third-order valence-electron chi connectivity index (χ3n) is 4.19. The third kappa shape index (κ3) is 5.07. The first kappa shape index (κ1) is 19.4. The number of nitrogens with zero attached hydrogens (tertiary/aromatic N) is 1. The van der Waals surface area contributed by atoms with Crippen LogP contribution in [0.4, 0.5) is 0 Å². The van der Waals surface area contributed by atoms with E-state index in [0.717, 1.165) is 22.4 Å². The van der Waals surface area contributed by atoms with Crippen molar-refractivity contribution < 1.29 is 9.53 Å². The minimum Gasteiger partial charge on any atom is -0.490 e. The molecule has 3 rings (SSSR count). The molecular weight excluding hydrogens is 348 g/mol. The number of hydrazone groups is 1. The molecule has 142 valence electrons. The Morgan fingerprint density at radius 1 is 0.857 bits per heavy atom. The molecule has 0 fully saturated rings. The second-order valence-corrected chi connectivity index (χ2v) is 6.69. The lowest BCUT2D eigenvalue weighted by atomic mass is 9.91. The summed E-state index contributed by atoms with van der Waals surface area (Å²) < 4.78 is 5.79. The van der Waals surface area contributed by atoms with Crippen LogP contribution in [-0.2, 0) is 4.79 Å². The van der Waals surface area contributed by atoms with E-state index in [1.165, 1.54) is 0 Å². The van der Waals surface area contributed by atoms with Crippen LogP contribution in [0, 0.1) is 0 Å². The highest BCUT2D eigenvalue weighted by molar-refractivity contribution is 5.89. The molecule has 0 radical (unpaired) electrons. The van der Waals surface area contributed by atoms with E-state index in [1.807, 2.05) is 98.8 Å². The molecule has 4 heteroatoms. The number of para-hydroxylation sites is 1. The van der Waals surface area contributed by atoms with Gasteiger partial charge in [-0.1, -0.05) is 72.8 Å². The van der Waals surface area contributed by atoms with Gasteiger partial charge in [0, 0.05) is 5.56 Å². The number of ether oxygens (including phenoxy) is 1. The molecule has 0 unspecified atom stereocenters. The number of hydrogen-bond donors (Lipinski definition) is 1. The van der Waals surface area contributed by atoms with Gasteiger partial charge in [0.1, 0.15) is 5.75 Å². The van der Waals surface area contributed by atoms with Crippen LogP contribution in [0.15, 0.2) is 90.0 Å². The molecule has 0 spiro atoms. The highest BCUT2D eigenvalue weighted by Crippen LogP contribution is 2.24. The van der Waals surface area contributed by atoms with Crippen molar-refractivity contribution in [1.82, 2.24) is 5.43 Å². The molecule has 3 aromatic rings. The maximum atomic E-state index is 12.9. The van der Waals surface area contributed by atoms with Crippen molar-refractivity contribution in [3.05, 3.63) is 102 Å². The molecule has 28 heavy (non-hydrogen) atoms. The number of benzene rings is 3. The van der Waals surface area contributed by atoms with Gasteiger partial charge in [-0.15, -0.1) is 0 Å². The maximum Gasteiger partial charge on any atom is 0.252 e. The molecule has 0 aliphatic rings. The molecule has 0 aliphatic heterocycles. The van der Waals surface area contributed by atoms with Gasteiger partial charge in [-0.2, -0.15) is 5.10 Å². The van der Waals surface area contributed by atoms with Gasteiger partial charge in [-0.25, -0.2) is 5.43 Å². The van der Waals surface area contributed by atoms with E-state index in [2.05, 4.69) is 10.5 Å². The summed E-state index contributed by atoms with van der Waals surface area (Å²) in [5, 5.41) is 4.18. The number of amides is 1. The van der Waals surface area contributed by atoms with E-state index in [0.29, 0.717) is 0 Å². The number of hydrogen-bond acceptors (Lipinski definition) is 3. The first-order valence-corrected chi connectivity index (χ1v) is 9.33. The SMILES string of the molecule is CC(C)Oc1ccccc1/C=N/NC(=O)C(c1ccccc1)c1ccccc1. The Morgan fingerprint density at radius 3 is 1.96 bits per heavy atom. The van der Waals surface area contributed by atoms with Crippen LogP contribution in [0.5, 0.6) is 5.75 Å². The minimum absolute atomic E-state index is 0.0599. The van der Waals surface area contributed by atoms with E-state index in [4.69, 9.17) is 4.74 Å². The minimum atomic E-state index is -0.429. The molecule has 0 atom stereocenters. The zero-order chi connectivity index (χ0) is 19.8. The monoisotopic (exact) mass is 372 g/mol. The highest BCUT2D eigenvalue weighted by Gasteiger charge is 2.22. The largest absolute Gasteiger partial charge is 0.490 e. The molecule has 1 amide bonds. The highest BCUT2D eigenvalue weighted by atomic mass is 16.5.